The lowest BCUT2D eigenvalue weighted by Gasteiger charge is -2.04. The zero-order valence-electron chi connectivity index (χ0n) is 8.55. The van der Waals surface area contributed by atoms with E-state index in [1.807, 2.05) is 31.2 Å². The molecule has 0 atom stereocenters. The molecule has 0 amide bonds. The second-order valence-electron chi connectivity index (χ2n) is 3.03. The Bertz CT molecular complexity index is 429. The van der Waals surface area contributed by atoms with Crippen LogP contribution in [0.4, 0.5) is 0 Å². The number of benzene rings is 1. The van der Waals surface area contributed by atoms with Gasteiger partial charge in [-0.15, -0.1) is 0 Å². The summed E-state index contributed by atoms with van der Waals surface area (Å²) in [6, 6.07) is 9.58. The smallest absolute Gasteiger partial charge is 0.159 e. The summed E-state index contributed by atoms with van der Waals surface area (Å²) in [5.74, 6) is 1.57. The molecule has 0 unspecified atom stereocenters. The Morgan fingerprint density at radius 3 is 2.67 bits per heavy atom. The molecule has 76 valence electrons. The maximum absolute atomic E-state index is 5.41. The molecule has 0 spiro atoms. The zero-order chi connectivity index (χ0) is 10.5. The van der Waals surface area contributed by atoms with E-state index in [0.717, 1.165) is 17.1 Å². The molecule has 0 aliphatic heterocycles. The monoisotopic (exact) mass is 200 g/mol. The third-order valence-electron chi connectivity index (χ3n) is 1.97. The maximum Gasteiger partial charge on any atom is 0.159 e. The first kappa shape index (κ1) is 9.65. The number of hydrogen-bond acceptors (Lipinski definition) is 3. The molecule has 3 heteroatoms. The Labute approximate surface area is 88.8 Å². The molecule has 0 saturated heterocycles. The molecule has 1 aromatic heterocycles. The zero-order valence-corrected chi connectivity index (χ0v) is 8.55. The van der Waals surface area contributed by atoms with Crippen LogP contribution in [0, 0.1) is 0 Å². The van der Waals surface area contributed by atoms with Crippen LogP contribution < -0.4 is 4.74 Å². The molecular weight excluding hydrogens is 188 g/mol. The van der Waals surface area contributed by atoms with Crippen molar-refractivity contribution in [3.05, 3.63) is 42.7 Å². The number of hydrogen-bond donors (Lipinski definition) is 0. The molecule has 1 aromatic carbocycles. The average Bonchev–Trinajstić information content (AvgIpc) is 2.31. The first-order valence-electron chi connectivity index (χ1n) is 4.90. The van der Waals surface area contributed by atoms with Gasteiger partial charge in [0.1, 0.15) is 5.75 Å². The Hall–Kier alpha value is -1.90. The van der Waals surface area contributed by atoms with Crippen molar-refractivity contribution in [2.45, 2.75) is 6.92 Å². The van der Waals surface area contributed by atoms with E-state index in [1.165, 1.54) is 0 Å². The summed E-state index contributed by atoms with van der Waals surface area (Å²) in [7, 11) is 0. The van der Waals surface area contributed by atoms with E-state index in [-0.39, 0.29) is 0 Å². The number of aromatic nitrogens is 2. The normalized spacial score (nSPS) is 9.93. The molecule has 0 N–H and O–H groups in total. The fourth-order valence-corrected chi connectivity index (χ4v) is 1.34. The highest BCUT2D eigenvalue weighted by Gasteiger charge is 2.00. The van der Waals surface area contributed by atoms with Crippen LogP contribution in [0.1, 0.15) is 6.92 Å². The fourth-order valence-electron chi connectivity index (χ4n) is 1.34. The van der Waals surface area contributed by atoms with Crippen LogP contribution in [0.25, 0.3) is 11.4 Å². The molecule has 1 heterocycles. The van der Waals surface area contributed by atoms with Crippen LogP contribution >= 0.6 is 0 Å². The van der Waals surface area contributed by atoms with Gasteiger partial charge in [0.15, 0.2) is 5.82 Å². The van der Waals surface area contributed by atoms with Gasteiger partial charge in [0.25, 0.3) is 0 Å². The highest BCUT2D eigenvalue weighted by molar-refractivity contribution is 5.56. The van der Waals surface area contributed by atoms with Gasteiger partial charge in [-0.2, -0.15) is 0 Å². The van der Waals surface area contributed by atoms with E-state index >= 15 is 0 Å². The molecule has 3 nitrogen and oxygen atoms in total. The lowest BCUT2D eigenvalue weighted by atomic mass is 10.2. The predicted octanol–water partition coefficient (Wildman–Crippen LogP) is 2.54. The highest BCUT2D eigenvalue weighted by Crippen LogP contribution is 2.20. The van der Waals surface area contributed by atoms with Crippen LogP contribution in [-0.4, -0.2) is 16.6 Å². The van der Waals surface area contributed by atoms with Crippen LogP contribution in [0.3, 0.4) is 0 Å². The van der Waals surface area contributed by atoms with Crippen molar-refractivity contribution < 1.29 is 4.74 Å². The second-order valence-corrected chi connectivity index (χ2v) is 3.03. The van der Waals surface area contributed by atoms with Crippen LogP contribution in [0.2, 0.25) is 0 Å². The average molecular weight is 200 g/mol. The summed E-state index contributed by atoms with van der Waals surface area (Å²) in [6.07, 6.45) is 3.46. The van der Waals surface area contributed by atoms with E-state index in [2.05, 4.69) is 9.97 Å². The molecule has 0 saturated carbocycles. The quantitative estimate of drug-likeness (QED) is 0.763. The Morgan fingerprint density at radius 2 is 1.93 bits per heavy atom. The molecule has 15 heavy (non-hydrogen) atoms. The second kappa shape index (κ2) is 4.55. The van der Waals surface area contributed by atoms with Gasteiger partial charge in [-0.05, 0) is 25.1 Å². The van der Waals surface area contributed by atoms with Crippen molar-refractivity contribution >= 4 is 0 Å². The van der Waals surface area contributed by atoms with Gasteiger partial charge >= 0.3 is 0 Å². The summed E-state index contributed by atoms with van der Waals surface area (Å²) >= 11 is 0. The minimum atomic E-state index is 0.666. The van der Waals surface area contributed by atoms with E-state index in [4.69, 9.17) is 4.74 Å². The fraction of sp³-hybridized carbons (Fsp3) is 0.167. The van der Waals surface area contributed by atoms with Crippen molar-refractivity contribution in [1.82, 2.24) is 9.97 Å². The van der Waals surface area contributed by atoms with Crippen molar-refractivity contribution in [3.8, 4) is 17.1 Å². The summed E-state index contributed by atoms with van der Waals surface area (Å²) < 4.78 is 5.41. The molecule has 0 aliphatic rings. The first-order valence-corrected chi connectivity index (χ1v) is 4.90. The van der Waals surface area contributed by atoms with Crippen LogP contribution in [0.5, 0.6) is 5.75 Å². The summed E-state index contributed by atoms with van der Waals surface area (Å²) in [6.45, 7) is 2.63. The van der Waals surface area contributed by atoms with Crippen molar-refractivity contribution in [3.63, 3.8) is 0 Å². The maximum atomic E-state index is 5.41. The van der Waals surface area contributed by atoms with Gasteiger partial charge in [-0.3, -0.25) is 0 Å². The minimum absolute atomic E-state index is 0.666. The summed E-state index contributed by atoms with van der Waals surface area (Å²) in [5.41, 5.74) is 0.974. The van der Waals surface area contributed by atoms with Crippen LogP contribution in [-0.2, 0) is 0 Å². The van der Waals surface area contributed by atoms with E-state index < -0.39 is 0 Å². The van der Waals surface area contributed by atoms with Gasteiger partial charge in [0, 0.05) is 18.0 Å². The third kappa shape index (κ3) is 2.31. The van der Waals surface area contributed by atoms with Crippen LogP contribution in [0.15, 0.2) is 42.7 Å². The highest BCUT2D eigenvalue weighted by atomic mass is 16.5. The molecular formula is C12H12N2O. The number of rotatable bonds is 3. The predicted molar refractivity (Wildman–Crippen MR) is 58.6 cm³/mol. The van der Waals surface area contributed by atoms with Crippen molar-refractivity contribution in [2.24, 2.45) is 0 Å². The van der Waals surface area contributed by atoms with Gasteiger partial charge in [-0.25, -0.2) is 9.97 Å². The molecule has 0 fully saturated rings. The van der Waals surface area contributed by atoms with Crippen molar-refractivity contribution in [2.75, 3.05) is 6.61 Å². The van der Waals surface area contributed by atoms with E-state index in [1.54, 1.807) is 18.5 Å². The van der Waals surface area contributed by atoms with Gasteiger partial charge in [-0.1, -0.05) is 12.1 Å². The SMILES string of the molecule is CCOc1cccc(-c2ncccn2)c1. The molecule has 0 aliphatic carbocycles. The lowest BCUT2D eigenvalue weighted by Crippen LogP contribution is -1.92. The van der Waals surface area contributed by atoms with Gasteiger partial charge in [0.2, 0.25) is 0 Å². The van der Waals surface area contributed by atoms with E-state index in [9.17, 15) is 0 Å². The molecule has 2 aromatic rings. The largest absolute Gasteiger partial charge is 0.494 e. The number of ether oxygens (including phenoxy) is 1. The lowest BCUT2D eigenvalue weighted by molar-refractivity contribution is 0.340. The third-order valence-corrected chi connectivity index (χ3v) is 1.97. The Balaban J connectivity index is 2.33. The Kier molecular flexibility index (Phi) is 2.93. The standard InChI is InChI=1S/C12H12N2O/c1-2-15-11-6-3-5-10(9-11)12-13-7-4-8-14-12/h3-9H,2H2,1H3. The van der Waals surface area contributed by atoms with Gasteiger partial charge < -0.3 is 4.74 Å². The van der Waals surface area contributed by atoms with Gasteiger partial charge in [0.05, 0.1) is 6.61 Å². The number of nitrogens with zero attached hydrogens (tertiary/aromatic N) is 2. The summed E-state index contributed by atoms with van der Waals surface area (Å²) in [5, 5.41) is 0. The Morgan fingerprint density at radius 1 is 1.13 bits per heavy atom. The van der Waals surface area contributed by atoms with E-state index in [0.29, 0.717) is 6.61 Å². The first-order chi connectivity index (χ1) is 7.40. The topological polar surface area (TPSA) is 35.0 Å². The summed E-state index contributed by atoms with van der Waals surface area (Å²) in [4.78, 5) is 8.37. The molecule has 2 rings (SSSR count). The minimum Gasteiger partial charge on any atom is -0.494 e. The molecule has 0 bridgehead atoms. The molecule has 0 radical (unpaired) electrons. The van der Waals surface area contributed by atoms with Crippen molar-refractivity contribution in [1.29, 1.82) is 0 Å².